The summed E-state index contributed by atoms with van der Waals surface area (Å²) in [6, 6.07) is 8.21. The molecule has 1 aromatic rings. The topological polar surface area (TPSA) is 45.0 Å². The molecule has 0 aromatic heterocycles. The van der Waals surface area contributed by atoms with Crippen molar-refractivity contribution in [2.45, 2.75) is 18.5 Å². The number of hydrogen-bond donors (Lipinski definition) is 0. The van der Waals surface area contributed by atoms with Crippen LogP contribution in [0.1, 0.15) is 11.1 Å². The Kier molecular flexibility index (Phi) is 2.44. The van der Waals surface area contributed by atoms with Crippen LogP contribution in [-0.2, 0) is 17.9 Å². The van der Waals surface area contributed by atoms with Gasteiger partial charge in [-0.05, 0) is 11.1 Å². The van der Waals surface area contributed by atoms with Gasteiger partial charge in [0.1, 0.15) is 0 Å². The number of alkyl halides is 1. The zero-order valence-corrected chi connectivity index (χ0v) is 9.76. The van der Waals surface area contributed by atoms with Crippen LogP contribution in [0, 0.1) is 0 Å². The molecule has 1 aromatic carbocycles. The Morgan fingerprint density at radius 2 is 1.88 bits per heavy atom. The standard InChI is InChI=1S/C12H10ClN3O/c13-11-10(5-14-15-12(11)17)16-6-8-3-1-2-4-9(8)7-16/h1-5,11H,6-7H2. The molecule has 2 aliphatic rings. The minimum atomic E-state index is -0.707. The van der Waals surface area contributed by atoms with E-state index in [4.69, 9.17) is 11.6 Å². The van der Waals surface area contributed by atoms with E-state index in [2.05, 4.69) is 27.3 Å². The summed E-state index contributed by atoms with van der Waals surface area (Å²) in [6.07, 6.45) is 1.57. The number of benzene rings is 1. The first-order valence-corrected chi connectivity index (χ1v) is 5.80. The number of rotatable bonds is 1. The summed E-state index contributed by atoms with van der Waals surface area (Å²) in [5.41, 5.74) is 3.28. The summed E-state index contributed by atoms with van der Waals surface area (Å²) in [6.45, 7) is 1.54. The van der Waals surface area contributed by atoms with Crippen LogP contribution in [0.15, 0.2) is 46.4 Å². The summed E-state index contributed by atoms with van der Waals surface area (Å²) < 4.78 is 0. The molecule has 0 bridgehead atoms. The fraction of sp³-hybridized carbons (Fsp3) is 0.250. The summed E-state index contributed by atoms with van der Waals surface area (Å²) >= 11 is 6.04. The Labute approximate surface area is 104 Å². The predicted molar refractivity (Wildman–Crippen MR) is 63.3 cm³/mol. The number of nitrogens with zero attached hydrogens (tertiary/aromatic N) is 3. The molecule has 0 aliphatic carbocycles. The van der Waals surface area contributed by atoms with Crippen LogP contribution >= 0.6 is 11.6 Å². The predicted octanol–water partition coefficient (Wildman–Crippen LogP) is 2.44. The van der Waals surface area contributed by atoms with Crippen molar-refractivity contribution >= 4 is 17.5 Å². The maximum Gasteiger partial charge on any atom is 0.288 e. The molecule has 0 spiro atoms. The van der Waals surface area contributed by atoms with Gasteiger partial charge in [0.2, 0.25) is 0 Å². The van der Waals surface area contributed by atoms with Crippen molar-refractivity contribution in [2.75, 3.05) is 0 Å². The summed E-state index contributed by atoms with van der Waals surface area (Å²) in [7, 11) is 0. The third-order valence-corrected chi connectivity index (χ3v) is 3.44. The van der Waals surface area contributed by atoms with E-state index >= 15 is 0 Å². The first-order chi connectivity index (χ1) is 8.25. The third-order valence-electron chi connectivity index (χ3n) is 3.03. The molecule has 1 amide bonds. The van der Waals surface area contributed by atoms with E-state index in [1.807, 2.05) is 12.1 Å². The first kappa shape index (κ1) is 10.5. The van der Waals surface area contributed by atoms with Crippen molar-refractivity contribution < 1.29 is 4.79 Å². The van der Waals surface area contributed by atoms with Crippen LogP contribution in [-0.4, -0.2) is 16.2 Å². The quantitative estimate of drug-likeness (QED) is 0.716. The van der Waals surface area contributed by atoms with Crippen molar-refractivity contribution in [3.8, 4) is 0 Å². The van der Waals surface area contributed by atoms with Crippen LogP contribution < -0.4 is 0 Å². The van der Waals surface area contributed by atoms with E-state index < -0.39 is 5.38 Å². The van der Waals surface area contributed by atoms with Crippen molar-refractivity contribution in [3.63, 3.8) is 0 Å². The molecule has 5 heteroatoms. The number of hydrogen-bond acceptors (Lipinski definition) is 3. The van der Waals surface area contributed by atoms with Crippen LogP contribution in [0.2, 0.25) is 0 Å². The smallest absolute Gasteiger partial charge is 0.288 e. The molecule has 1 unspecified atom stereocenters. The van der Waals surface area contributed by atoms with E-state index in [9.17, 15) is 4.79 Å². The average Bonchev–Trinajstić information content (AvgIpc) is 2.76. The zero-order chi connectivity index (χ0) is 11.8. The highest BCUT2D eigenvalue weighted by molar-refractivity contribution is 6.33. The van der Waals surface area contributed by atoms with Gasteiger partial charge >= 0.3 is 0 Å². The zero-order valence-electron chi connectivity index (χ0n) is 9.01. The minimum Gasteiger partial charge on any atom is -0.363 e. The Bertz CT molecular complexity index is 513. The number of carbonyl (C=O) groups is 1. The molecule has 0 N–H and O–H groups in total. The van der Waals surface area contributed by atoms with Crippen LogP contribution in [0.3, 0.4) is 0 Å². The highest BCUT2D eigenvalue weighted by Gasteiger charge is 2.30. The van der Waals surface area contributed by atoms with Crippen molar-refractivity contribution in [3.05, 3.63) is 47.3 Å². The molecular formula is C12H10ClN3O. The van der Waals surface area contributed by atoms with Gasteiger partial charge in [0.25, 0.3) is 5.91 Å². The maximum atomic E-state index is 11.4. The highest BCUT2D eigenvalue weighted by Crippen LogP contribution is 2.30. The monoisotopic (exact) mass is 247 g/mol. The molecule has 2 heterocycles. The Morgan fingerprint density at radius 1 is 1.24 bits per heavy atom. The number of carbonyl (C=O) groups excluding carboxylic acids is 1. The number of halogens is 1. The molecule has 86 valence electrons. The van der Waals surface area contributed by atoms with Crippen molar-refractivity contribution in [2.24, 2.45) is 10.2 Å². The minimum absolute atomic E-state index is 0.389. The van der Waals surface area contributed by atoms with Crippen LogP contribution in [0.4, 0.5) is 0 Å². The van der Waals surface area contributed by atoms with Gasteiger partial charge in [0.15, 0.2) is 5.38 Å². The molecule has 4 nitrogen and oxygen atoms in total. The summed E-state index contributed by atoms with van der Waals surface area (Å²) in [5.74, 6) is -0.389. The summed E-state index contributed by atoms with van der Waals surface area (Å²) in [5, 5.41) is 6.41. The number of azo groups is 1. The SMILES string of the molecule is O=C1N=NC=C(N2Cc3ccccc3C2)C1Cl. The largest absolute Gasteiger partial charge is 0.363 e. The Morgan fingerprint density at radius 3 is 2.53 bits per heavy atom. The number of amides is 1. The van der Waals surface area contributed by atoms with Gasteiger partial charge in [-0.25, -0.2) is 0 Å². The average molecular weight is 248 g/mol. The highest BCUT2D eigenvalue weighted by atomic mass is 35.5. The Hall–Kier alpha value is -1.68. The second-order valence-corrected chi connectivity index (χ2v) is 4.53. The van der Waals surface area contributed by atoms with Gasteiger partial charge in [-0.3, -0.25) is 4.79 Å². The third kappa shape index (κ3) is 1.74. The molecule has 2 aliphatic heterocycles. The normalized spacial score (nSPS) is 22.6. The fourth-order valence-corrected chi connectivity index (χ4v) is 2.38. The second-order valence-electron chi connectivity index (χ2n) is 4.10. The first-order valence-electron chi connectivity index (χ1n) is 5.36. The number of fused-ring (bicyclic) bond motifs is 1. The van der Waals surface area contributed by atoms with Crippen LogP contribution in [0.25, 0.3) is 0 Å². The lowest BCUT2D eigenvalue weighted by atomic mass is 10.1. The van der Waals surface area contributed by atoms with Gasteiger partial charge in [-0.1, -0.05) is 24.3 Å². The second kappa shape index (κ2) is 3.96. The van der Waals surface area contributed by atoms with E-state index in [1.165, 1.54) is 11.1 Å². The van der Waals surface area contributed by atoms with E-state index in [0.29, 0.717) is 0 Å². The summed E-state index contributed by atoms with van der Waals surface area (Å²) in [4.78, 5) is 13.4. The fourth-order valence-electron chi connectivity index (χ4n) is 2.15. The van der Waals surface area contributed by atoms with Crippen molar-refractivity contribution in [1.82, 2.24) is 4.90 Å². The van der Waals surface area contributed by atoms with Gasteiger partial charge in [-0.2, -0.15) is 5.11 Å². The van der Waals surface area contributed by atoms with E-state index in [1.54, 1.807) is 6.20 Å². The molecule has 1 atom stereocenters. The molecule has 17 heavy (non-hydrogen) atoms. The Balaban J connectivity index is 1.88. The molecule has 0 saturated heterocycles. The van der Waals surface area contributed by atoms with Crippen LogP contribution in [0.5, 0.6) is 0 Å². The molecule has 0 fully saturated rings. The molecule has 3 rings (SSSR count). The molecule has 0 saturated carbocycles. The molecular weight excluding hydrogens is 238 g/mol. The van der Waals surface area contributed by atoms with Gasteiger partial charge in [-0.15, -0.1) is 16.7 Å². The maximum absolute atomic E-state index is 11.4. The lowest BCUT2D eigenvalue weighted by Gasteiger charge is -2.24. The van der Waals surface area contributed by atoms with Gasteiger partial charge < -0.3 is 4.90 Å². The van der Waals surface area contributed by atoms with E-state index in [0.717, 1.165) is 18.8 Å². The lowest BCUT2D eigenvalue weighted by molar-refractivity contribution is -0.117. The van der Waals surface area contributed by atoms with Gasteiger partial charge in [0, 0.05) is 13.1 Å². The van der Waals surface area contributed by atoms with Gasteiger partial charge in [0.05, 0.1) is 11.9 Å². The molecule has 0 radical (unpaired) electrons. The lowest BCUT2D eigenvalue weighted by Crippen LogP contribution is -2.28. The van der Waals surface area contributed by atoms with Crippen molar-refractivity contribution in [1.29, 1.82) is 0 Å². The van der Waals surface area contributed by atoms with E-state index in [-0.39, 0.29) is 5.91 Å².